The zero-order valence-electron chi connectivity index (χ0n) is 9.36. The van der Waals surface area contributed by atoms with E-state index in [9.17, 15) is 0 Å². The Morgan fingerprint density at radius 1 is 1.47 bits per heavy atom. The molecule has 0 aromatic heterocycles. The molecular weight excluding hydrogens is 204 g/mol. The fourth-order valence-corrected chi connectivity index (χ4v) is 3.08. The van der Waals surface area contributed by atoms with Crippen molar-refractivity contribution >= 4 is 23.1 Å². The highest BCUT2D eigenvalue weighted by molar-refractivity contribution is 8.00. The molecule has 0 saturated carbocycles. The standard InChI is InChI=1S/C12H18N2S/c1-9-7-11(13)3-4-12(9)14-5-6-15-10(2)8-14/h3-4,7,10H,5-6,8,13H2,1-2H3. The molecule has 0 amide bonds. The Kier molecular flexibility index (Phi) is 3.10. The van der Waals surface area contributed by atoms with Crippen LogP contribution >= 0.6 is 11.8 Å². The van der Waals surface area contributed by atoms with E-state index in [1.807, 2.05) is 6.07 Å². The van der Waals surface area contributed by atoms with Gasteiger partial charge in [-0.05, 0) is 30.7 Å². The minimum absolute atomic E-state index is 0.732. The molecule has 15 heavy (non-hydrogen) atoms. The molecule has 2 N–H and O–H groups in total. The van der Waals surface area contributed by atoms with E-state index in [0.29, 0.717) is 0 Å². The van der Waals surface area contributed by atoms with Gasteiger partial charge in [0.25, 0.3) is 0 Å². The number of rotatable bonds is 1. The number of anilines is 2. The highest BCUT2D eigenvalue weighted by Gasteiger charge is 2.17. The second-order valence-corrected chi connectivity index (χ2v) is 5.72. The zero-order chi connectivity index (χ0) is 10.8. The molecule has 0 spiro atoms. The van der Waals surface area contributed by atoms with E-state index in [-0.39, 0.29) is 0 Å². The summed E-state index contributed by atoms with van der Waals surface area (Å²) in [5, 5.41) is 0.732. The van der Waals surface area contributed by atoms with Gasteiger partial charge >= 0.3 is 0 Å². The summed E-state index contributed by atoms with van der Waals surface area (Å²) in [6.07, 6.45) is 0. The second kappa shape index (κ2) is 4.35. The van der Waals surface area contributed by atoms with E-state index in [0.717, 1.165) is 24.0 Å². The molecule has 1 unspecified atom stereocenters. The third kappa shape index (κ3) is 2.40. The average molecular weight is 222 g/mol. The van der Waals surface area contributed by atoms with E-state index in [2.05, 4.69) is 42.6 Å². The molecule has 2 nitrogen and oxygen atoms in total. The largest absolute Gasteiger partial charge is 0.399 e. The van der Waals surface area contributed by atoms with Crippen LogP contribution < -0.4 is 10.6 Å². The minimum Gasteiger partial charge on any atom is -0.399 e. The first-order chi connectivity index (χ1) is 7.16. The normalized spacial score (nSPS) is 21.7. The Morgan fingerprint density at radius 2 is 2.27 bits per heavy atom. The number of hydrogen-bond donors (Lipinski definition) is 1. The molecule has 0 aliphatic carbocycles. The van der Waals surface area contributed by atoms with Crippen LogP contribution in [0.2, 0.25) is 0 Å². The molecule has 3 heteroatoms. The molecular formula is C12H18N2S. The SMILES string of the molecule is Cc1cc(N)ccc1N1CCSC(C)C1. The van der Waals surface area contributed by atoms with Crippen LogP contribution in [0.3, 0.4) is 0 Å². The van der Waals surface area contributed by atoms with E-state index < -0.39 is 0 Å². The van der Waals surface area contributed by atoms with Gasteiger partial charge in [0, 0.05) is 35.5 Å². The number of nitrogens with zero attached hydrogens (tertiary/aromatic N) is 1. The Bertz CT molecular complexity index is 351. The first kappa shape index (κ1) is 10.7. The van der Waals surface area contributed by atoms with E-state index in [4.69, 9.17) is 5.73 Å². The van der Waals surface area contributed by atoms with Crippen LogP contribution in [0.4, 0.5) is 11.4 Å². The maximum Gasteiger partial charge on any atom is 0.0398 e. The minimum atomic E-state index is 0.732. The van der Waals surface area contributed by atoms with Crippen molar-refractivity contribution in [1.29, 1.82) is 0 Å². The van der Waals surface area contributed by atoms with Gasteiger partial charge in [0.2, 0.25) is 0 Å². The smallest absolute Gasteiger partial charge is 0.0398 e. The fourth-order valence-electron chi connectivity index (χ4n) is 2.07. The lowest BCUT2D eigenvalue weighted by Gasteiger charge is -2.33. The molecule has 1 saturated heterocycles. The lowest BCUT2D eigenvalue weighted by atomic mass is 10.1. The maximum absolute atomic E-state index is 5.76. The molecule has 1 heterocycles. The van der Waals surface area contributed by atoms with Gasteiger partial charge in [0.1, 0.15) is 0 Å². The van der Waals surface area contributed by atoms with Crippen LogP contribution in [-0.2, 0) is 0 Å². The van der Waals surface area contributed by atoms with Crippen LogP contribution in [0.1, 0.15) is 12.5 Å². The van der Waals surface area contributed by atoms with Crippen LogP contribution in [-0.4, -0.2) is 24.1 Å². The van der Waals surface area contributed by atoms with Crippen LogP contribution in [0.25, 0.3) is 0 Å². The van der Waals surface area contributed by atoms with Crippen molar-refractivity contribution in [3.05, 3.63) is 23.8 Å². The fraction of sp³-hybridized carbons (Fsp3) is 0.500. The number of hydrogen-bond acceptors (Lipinski definition) is 3. The third-order valence-corrected chi connectivity index (χ3v) is 3.94. The van der Waals surface area contributed by atoms with Crippen molar-refractivity contribution in [2.24, 2.45) is 0 Å². The Hall–Kier alpha value is -0.830. The van der Waals surface area contributed by atoms with Crippen LogP contribution in [0.15, 0.2) is 18.2 Å². The first-order valence-electron chi connectivity index (χ1n) is 5.39. The van der Waals surface area contributed by atoms with Gasteiger partial charge < -0.3 is 10.6 Å². The van der Waals surface area contributed by atoms with E-state index >= 15 is 0 Å². The lowest BCUT2D eigenvalue weighted by Crippen LogP contribution is -2.36. The number of nitrogens with two attached hydrogens (primary N) is 1. The molecule has 0 bridgehead atoms. The van der Waals surface area contributed by atoms with Gasteiger partial charge in [-0.1, -0.05) is 6.92 Å². The maximum atomic E-state index is 5.76. The summed E-state index contributed by atoms with van der Waals surface area (Å²) < 4.78 is 0. The predicted octanol–water partition coefficient (Wildman–Crippen LogP) is 2.52. The zero-order valence-corrected chi connectivity index (χ0v) is 10.2. The molecule has 1 fully saturated rings. The van der Waals surface area contributed by atoms with Crippen LogP contribution in [0.5, 0.6) is 0 Å². The average Bonchev–Trinajstić information content (AvgIpc) is 2.17. The van der Waals surface area contributed by atoms with Crippen molar-refractivity contribution in [3.63, 3.8) is 0 Å². The quantitative estimate of drug-likeness (QED) is 0.740. The Morgan fingerprint density at radius 3 is 2.93 bits per heavy atom. The summed E-state index contributed by atoms with van der Waals surface area (Å²) in [4.78, 5) is 2.47. The number of benzene rings is 1. The Balaban J connectivity index is 2.21. The molecule has 0 radical (unpaired) electrons. The van der Waals surface area contributed by atoms with Gasteiger partial charge in [-0.15, -0.1) is 0 Å². The van der Waals surface area contributed by atoms with Gasteiger partial charge in [0.05, 0.1) is 0 Å². The van der Waals surface area contributed by atoms with Crippen molar-refractivity contribution in [1.82, 2.24) is 0 Å². The molecule has 1 atom stereocenters. The summed E-state index contributed by atoms with van der Waals surface area (Å²) in [5.74, 6) is 1.23. The third-order valence-electron chi connectivity index (χ3n) is 2.80. The van der Waals surface area contributed by atoms with Crippen LogP contribution in [0, 0.1) is 6.92 Å². The van der Waals surface area contributed by atoms with E-state index in [1.54, 1.807) is 0 Å². The lowest BCUT2D eigenvalue weighted by molar-refractivity contribution is 0.780. The summed E-state index contributed by atoms with van der Waals surface area (Å²) in [6, 6.07) is 6.20. The summed E-state index contributed by atoms with van der Waals surface area (Å²) in [5.41, 5.74) is 9.25. The number of aryl methyl sites for hydroxylation is 1. The second-order valence-electron chi connectivity index (χ2n) is 4.17. The monoisotopic (exact) mass is 222 g/mol. The van der Waals surface area contributed by atoms with Crippen molar-refractivity contribution in [3.8, 4) is 0 Å². The summed E-state index contributed by atoms with van der Waals surface area (Å²) in [7, 11) is 0. The van der Waals surface area contributed by atoms with Gasteiger partial charge in [0.15, 0.2) is 0 Å². The van der Waals surface area contributed by atoms with Gasteiger partial charge in [-0.25, -0.2) is 0 Å². The van der Waals surface area contributed by atoms with Crippen molar-refractivity contribution in [2.45, 2.75) is 19.1 Å². The molecule has 2 rings (SSSR count). The summed E-state index contributed by atoms with van der Waals surface area (Å²) >= 11 is 2.06. The molecule has 82 valence electrons. The van der Waals surface area contributed by atoms with Crippen molar-refractivity contribution < 1.29 is 0 Å². The molecule has 1 aliphatic heterocycles. The Labute approximate surface area is 95.8 Å². The number of nitrogen functional groups attached to an aromatic ring is 1. The van der Waals surface area contributed by atoms with Gasteiger partial charge in [-0.3, -0.25) is 0 Å². The highest BCUT2D eigenvalue weighted by Crippen LogP contribution is 2.27. The molecule has 1 aromatic rings. The predicted molar refractivity (Wildman–Crippen MR) is 69.7 cm³/mol. The van der Waals surface area contributed by atoms with E-state index in [1.165, 1.54) is 17.0 Å². The highest BCUT2D eigenvalue weighted by atomic mass is 32.2. The number of thioether (sulfide) groups is 1. The summed E-state index contributed by atoms with van der Waals surface area (Å²) in [6.45, 7) is 6.73. The van der Waals surface area contributed by atoms with Gasteiger partial charge in [-0.2, -0.15) is 11.8 Å². The van der Waals surface area contributed by atoms with Crippen molar-refractivity contribution in [2.75, 3.05) is 29.5 Å². The topological polar surface area (TPSA) is 29.3 Å². The molecule has 1 aliphatic rings. The molecule has 1 aromatic carbocycles. The first-order valence-corrected chi connectivity index (χ1v) is 6.44.